The summed E-state index contributed by atoms with van der Waals surface area (Å²) in [7, 11) is 0. The van der Waals surface area contributed by atoms with Crippen molar-refractivity contribution in [3.63, 3.8) is 0 Å². The summed E-state index contributed by atoms with van der Waals surface area (Å²) in [5, 5.41) is 6.91. The third kappa shape index (κ3) is 4.55. The molecule has 1 saturated heterocycles. The summed E-state index contributed by atoms with van der Waals surface area (Å²) in [5.74, 6) is -0.620. The molecule has 8 nitrogen and oxygen atoms in total. The van der Waals surface area contributed by atoms with Crippen molar-refractivity contribution < 1.29 is 9.53 Å². The van der Waals surface area contributed by atoms with Crippen LogP contribution in [0.4, 0.5) is 0 Å². The number of amides is 1. The average molecular weight is 434 g/mol. The minimum Gasteiger partial charge on any atom is -0.376 e. The molecule has 2 heterocycles. The van der Waals surface area contributed by atoms with E-state index < -0.39 is 17.2 Å². The number of carbonyl (C=O) groups is 1. The fraction of sp³-hybridized carbons (Fsp3) is 0.333. The Morgan fingerprint density at radius 2 is 1.91 bits per heavy atom. The molecule has 0 aliphatic carbocycles. The highest BCUT2D eigenvalue weighted by molar-refractivity contribution is 5.91. The molecule has 0 radical (unpaired) electrons. The molecule has 1 aliphatic rings. The van der Waals surface area contributed by atoms with Crippen molar-refractivity contribution in [2.24, 2.45) is 0 Å². The summed E-state index contributed by atoms with van der Waals surface area (Å²) >= 11 is 0. The van der Waals surface area contributed by atoms with Crippen LogP contribution < -0.4 is 16.6 Å². The van der Waals surface area contributed by atoms with E-state index in [4.69, 9.17) is 4.74 Å². The molecule has 0 saturated carbocycles. The van der Waals surface area contributed by atoms with Crippen LogP contribution in [0.15, 0.2) is 58.1 Å². The lowest BCUT2D eigenvalue weighted by atomic mass is 10.1. The van der Waals surface area contributed by atoms with Crippen LogP contribution in [0.1, 0.15) is 40.0 Å². The number of aromatic nitrogens is 3. The standard InChI is InChI=1S/C24H26N4O4/c1-16-10-11-19(13-17(16)2)28-24(31)27(15-18-7-4-3-5-8-18)23(30)21(26-28)22(29)25-14-20-9-6-12-32-20/h3-5,7-8,10-11,13,20H,6,9,12,14-15H2,1-2H3,(H,25,29)/t20-/m0/s1. The Bertz CT molecular complexity index is 1240. The fourth-order valence-corrected chi connectivity index (χ4v) is 3.68. The number of nitrogens with one attached hydrogen (secondary N) is 1. The first kappa shape index (κ1) is 21.7. The lowest BCUT2D eigenvalue weighted by molar-refractivity contribution is 0.0849. The maximum absolute atomic E-state index is 13.2. The predicted octanol–water partition coefficient (Wildman–Crippen LogP) is 1.97. The lowest BCUT2D eigenvalue weighted by Gasteiger charge is -2.14. The topological polar surface area (TPSA) is 95.2 Å². The van der Waals surface area contributed by atoms with Gasteiger partial charge in [0.1, 0.15) is 0 Å². The van der Waals surface area contributed by atoms with Crippen molar-refractivity contribution in [3.8, 4) is 5.69 Å². The maximum Gasteiger partial charge on any atom is 0.352 e. The highest BCUT2D eigenvalue weighted by atomic mass is 16.5. The van der Waals surface area contributed by atoms with E-state index in [1.54, 1.807) is 6.07 Å². The lowest BCUT2D eigenvalue weighted by Crippen LogP contribution is -2.46. The molecule has 1 aliphatic heterocycles. The fourth-order valence-electron chi connectivity index (χ4n) is 3.68. The van der Waals surface area contributed by atoms with Gasteiger partial charge in [-0.3, -0.25) is 14.2 Å². The van der Waals surface area contributed by atoms with E-state index in [0.717, 1.165) is 38.8 Å². The van der Waals surface area contributed by atoms with E-state index in [1.807, 2.05) is 56.3 Å². The Morgan fingerprint density at radius 1 is 1.12 bits per heavy atom. The Morgan fingerprint density at radius 3 is 2.59 bits per heavy atom. The molecular formula is C24H26N4O4. The summed E-state index contributed by atoms with van der Waals surface area (Å²) < 4.78 is 7.71. The first-order valence-electron chi connectivity index (χ1n) is 10.7. The average Bonchev–Trinajstić information content (AvgIpc) is 3.32. The molecule has 3 aromatic rings. The van der Waals surface area contributed by atoms with Gasteiger partial charge in [-0.05, 0) is 55.5 Å². The largest absolute Gasteiger partial charge is 0.376 e. The van der Waals surface area contributed by atoms with Gasteiger partial charge >= 0.3 is 5.69 Å². The van der Waals surface area contributed by atoms with Crippen LogP contribution in [-0.2, 0) is 11.3 Å². The van der Waals surface area contributed by atoms with Crippen LogP contribution in [0, 0.1) is 13.8 Å². The molecule has 0 unspecified atom stereocenters. The van der Waals surface area contributed by atoms with Crippen LogP contribution in [0.25, 0.3) is 5.69 Å². The van der Waals surface area contributed by atoms with Gasteiger partial charge < -0.3 is 10.1 Å². The maximum atomic E-state index is 13.2. The molecule has 1 atom stereocenters. The van der Waals surface area contributed by atoms with Gasteiger partial charge in [-0.2, -0.15) is 9.78 Å². The molecule has 0 bridgehead atoms. The molecule has 2 aromatic carbocycles. The number of hydrogen-bond acceptors (Lipinski definition) is 5. The zero-order valence-electron chi connectivity index (χ0n) is 18.2. The van der Waals surface area contributed by atoms with E-state index in [0.29, 0.717) is 18.8 Å². The second kappa shape index (κ2) is 9.32. The predicted molar refractivity (Wildman–Crippen MR) is 120 cm³/mol. The molecule has 0 spiro atoms. The third-order valence-electron chi connectivity index (χ3n) is 5.71. The Hall–Kier alpha value is -3.52. The summed E-state index contributed by atoms with van der Waals surface area (Å²) in [6, 6.07) is 14.6. The third-order valence-corrected chi connectivity index (χ3v) is 5.71. The van der Waals surface area contributed by atoms with Gasteiger partial charge in [0.05, 0.1) is 18.3 Å². The van der Waals surface area contributed by atoms with Crippen molar-refractivity contribution >= 4 is 5.91 Å². The molecule has 8 heteroatoms. The monoisotopic (exact) mass is 434 g/mol. The minimum atomic E-state index is -0.719. The zero-order valence-corrected chi connectivity index (χ0v) is 18.2. The number of carbonyl (C=O) groups excluding carboxylic acids is 1. The van der Waals surface area contributed by atoms with Gasteiger partial charge in [0.15, 0.2) is 0 Å². The Kier molecular flexibility index (Phi) is 6.32. The van der Waals surface area contributed by atoms with Crippen molar-refractivity contribution in [1.82, 2.24) is 19.7 Å². The summed E-state index contributed by atoms with van der Waals surface area (Å²) in [4.78, 5) is 39.3. The SMILES string of the molecule is Cc1ccc(-n2nc(C(=O)NC[C@@H]3CCCO3)c(=O)n(Cc3ccccc3)c2=O)cc1C. The Balaban J connectivity index is 1.78. The molecule has 4 rings (SSSR count). The van der Waals surface area contributed by atoms with Crippen molar-refractivity contribution in [2.75, 3.05) is 13.2 Å². The number of aryl methyl sites for hydroxylation is 2. The molecule has 166 valence electrons. The second-order valence-corrected chi connectivity index (χ2v) is 8.03. The van der Waals surface area contributed by atoms with Crippen molar-refractivity contribution in [3.05, 3.63) is 91.8 Å². The van der Waals surface area contributed by atoms with E-state index >= 15 is 0 Å². The number of rotatable bonds is 6. The molecule has 1 N–H and O–H groups in total. The smallest absolute Gasteiger partial charge is 0.352 e. The summed E-state index contributed by atoms with van der Waals surface area (Å²) in [6.07, 6.45) is 1.73. The van der Waals surface area contributed by atoms with Gasteiger partial charge in [-0.25, -0.2) is 4.79 Å². The highest BCUT2D eigenvalue weighted by Gasteiger charge is 2.22. The van der Waals surface area contributed by atoms with Crippen LogP contribution in [0.5, 0.6) is 0 Å². The van der Waals surface area contributed by atoms with Gasteiger partial charge in [0, 0.05) is 13.2 Å². The minimum absolute atomic E-state index is 0.0396. The van der Waals surface area contributed by atoms with E-state index in [1.165, 1.54) is 0 Å². The first-order chi connectivity index (χ1) is 15.4. The summed E-state index contributed by atoms with van der Waals surface area (Å²) in [5.41, 5.74) is 1.66. The quantitative estimate of drug-likeness (QED) is 0.640. The van der Waals surface area contributed by atoms with E-state index in [-0.39, 0.29) is 18.3 Å². The number of benzene rings is 2. The molecule has 1 amide bonds. The van der Waals surface area contributed by atoms with Crippen molar-refractivity contribution in [2.45, 2.75) is 39.3 Å². The zero-order chi connectivity index (χ0) is 22.7. The molecule has 1 aromatic heterocycles. The number of ether oxygens (including phenoxy) is 1. The van der Waals surface area contributed by atoms with Crippen LogP contribution in [0.3, 0.4) is 0 Å². The van der Waals surface area contributed by atoms with Gasteiger partial charge in [0.2, 0.25) is 5.69 Å². The molecule has 1 fully saturated rings. The number of hydrogen-bond donors (Lipinski definition) is 1. The van der Waals surface area contributed by atoms with Crippen LogP contribution in [-0.4, -0.2) is 39.5 Å². The normalized spacial score (nSPS) is 15.6. The summed E-state index contributed by atoms with van der Waals surface area (Å²) in [6.45, 7) is 4.90. The molecule has 32 heavy (non-hydrogen) atoms. The Labute approximate surface area is 185 Å². The van der Waals surface area contributed by atoms with Crippen LogP contribution >= 0.6 is 0 Å². The van der Waals surface area contributed by atoms with Gasteiger partial charge in [-0.15, -0.1) is 0 Å². The molecular weight excluding hydrogens is 408 g/mol. The van der Waals surface area contributed by atoms with E-state index in [9.17, 15) is 14.4 Å². The van der Waals surface area contributed by atoms with Gasteiger partial charge in [0.25, 0.3) is 11.5 Å². The highest BCUT2D eigenvalue weighted by Crippen LogP contribution is 2.12. The first-order valence-corrected chi connectivity index (χ1v) is 10.7. The van der Waals surface area contributed by atoms with E-state index in [2.05, 4.69) is 10.4 Å². The van der Waals surface area contributed by atoms with Crippen molar-refractivity contribution in [1.29, 1.82) is 0 Å². The number of nitrogens with zero attached hydrogens (tertiary/aromatic N) is 3. The van der Waals surface area contributed by atoms with Gasteiger partial charge in [-0.1, -0.05) is 36.4 Å². The van der Waals surface area contributed by atoms with Crippen LogP contribution in [0.2, 0.25) is 0 Å². The second-order valence-electron chi connectivity index (χ2n) is 8.03.